The van der Waals surface area contributed by atoms with E-state index in [1.807, 2.05) is 6.07 Å². The standard InChI is InChI=1S/C44H55N3O15/c1-25-35(50)38(53)40(62-43-39(54)37(52)36(51)33(61-43)24-57-42(56)29-12-7-4-8-13-29)44(58-25)60-30-16-14-27(15-17-30)32-22-34(49)46-19-9-21-47(41(55)28-10-5-3-6-11-28)23-31(18-20-45-32)59-26(2)48/h3-8,10-17,25,31-33,35-40,43-45,50-54H,9,18-24H2,1-2H3,(H,46,49)/t25-,31?,32?,33+,35-,36+,37-,38+,39+,40+,43-,44-/m0/s1. The molecule has 0 saturated carbocycles. The van der Waals surface area contributed by atoms with Crippen LogP contribution in [-0.2, 0) is 33.3 Å². The summed E-state index contributed by atoms with van der Waals surface area (Å²) in [5.74, 6) is -1.39. The monoisotopic (exact) mass is 865 g/mol. The summed E-state index contributed by atoms with van der Waals surface area (Å²) in [6, 6.07) is 23.1. The molecule has 3 aromatic rings. The van der Waals surface area contributed by atoms with E-state index in [0.717, 1.165) is 0 Å². The SMILES string of the molecule is CC(=O)OC1CCNC(c2ccc(O[C@@H]3O[C@@H](C)[C@H](O)[C@@H](O)[C@H]3O[C@@H]3O[C@H](COC(=O)c4ccccc4)[C@@H](O)[C@H](O)[C@H]3O)cc2)CC(=O)NCCCN(C(=O)c2ccccc2)C1. The van der Waals surface area contributed by atoms with Gasteiger partial charge in [0.25, 0.3) is 5.91 Å². The number of ether oxygens (including phenoxy) is 6. The van der Waals surface area contributed by atoms with Crippen LogP contribution in [0, 0.1) is 0 Å². The Bertz CT molecular complexity index is 1930. The van der Waals surface area contributed by atoms with Gasteiger partial charge in [-0.1, -0.05) is 48.5 Å². The minimum Gasteiger partial charge on any atom is -0.462 e. The second-order valence-electron chi connectivity index (χ2n) is 15.5. The largest absolute Gasteiger partial charge is 0.462 e. The number of esters is 2. The van der Waals surface area contributed by atoms with Crippen molar-refractivity contribution in [2.45, 2.75) is 107 Å². The third-order valence-corrected chi connectivity index (χ3v) is 10.9. The van der Waals surface area contributed by atoms with Crippen molar-refractivity contribution in [3.05, 3.63) is 102 Å². The van der Waals surface area contributed by atoms with E-state index in [1.54, 1.807) is 71.6 Å². The van der Waals surface area contributed by atoms with Gasteiger partial charge in [-0.3, -0.25) is 14.4 Å². The normalized spacial score (nSPS) is 31.3. The molecule has 7 N–H and O–H groups in total. The van der Waals surface area contributed by atoms with Crippen LogP contribution in [0.1, 0.15) is 65.4 Å². The summed E-state index contributed by atoms with van der Waals surface area (Å²) in [6.07, 6.45) is -15.1. The van der Waals surface area contributed by atoms with Crippen LogP contribution < -0.4 is 15.4 Å². The van der Waals surface area contributed by atoms with Gasteiger partial charge in [-0.15, -0.1) is 0 Å². The molecule has 18 nitrogen and oxygen atoms in total. The van der Waals surface area contributed by atoms with Crippen LogP contribution in [-0.4, -0.2) is 154 Å². The first-order valence-corrected chi connectivity index (χ1v) is 20.7. The average Bonchev–Trinajstić information content (AvgIpc) is 3.28. The van der Waals surface area contributed by atoms with Crippen molar-refractivity contribution in [3.63, 3.8) is 0 Å². The molecule has 0 aliphatic carbocycles. The van der Waals surface area contributed by atoms with Crippen LogP contribution in [0.3, 0.4) is 0 Å². The number of nitrogens with one attached hydrogen (secondary N) is 2. The number of nitrogens with zero attached hydrogens (tertiary/aromatic N) is 1. The molecule has 18 heteroatoms. The van der Waals surface area contributed by atoms with Gasteiger partial charge < -0.3 is 69.5 Å². The highest BCUT2D eigenvalue weighted by molar-refractivity contribution is 5.94. The number of aliphatic hydroxyl groups excluding tert-OH is 5. The highest BCUT2D eigenvalue weighted by Crippen LogP contribution is 2.31. The molecule has 0 radical (unpaired) electrons. The zero-order valence-electron chi connectivity index (χ0n) is 34.4. The molecular formula is C44H55N3O15. The van der Waals surface area contributed by atoms with Gasteiger partial charge in [-0.05, 0) is 68.3 Å². The van der Waals surface area contributed by atoms with Gasteiger partial charge >= 0.3 is 11.9 Å². The Morgan fingerprint density at radius 3 is 2.15 bits per heavy atom. The lowest BCUT2D eigenvalue weighted by molar-refractivity contribution is -0.355. The maximum atomic E-state index is 13.4. The zero-order valence-corrected chi connectivity index (χ0v) is 34.4. The van der Waals surface area contributed by atoms with E-state index in [2.05, 4.69) is 10.6 Å². The Hall–Kier alpha value is -5.02. The summed E-state index contributed by atoms with van der Waals surface area (Å²) in [4.78, 5) is 52.9. The van der Waals surface area contributed by atoms with Gasteiger partial charge in [0.15, 0.2) is 12.4 Å². The Morgan fingerprint density at radius 2 is 1.47 bits per heavy atom. The molecule has 6 rings (SSSR count). The fourth-order valence-corrected chi connectivity index (χ4v) is 7.48. The van der Waals surface area contributed by atoms with Gasteiger partial charge in [0.1, 0.15) is 55.1 Å². The summed E-state index contributed by atoms with van der Waals surface area (Å²) < 4.78 is 34.6. The molecule has 0 spiro atoms. The summed E-state index contributed by atoms with van der Waals surface area (Å²) in [5.41, 5.74) is 1.45. The molecule has 3 aromatic carbocycles. The quantitative estimate of drug-likeness (QED) is 0.138. The summed E-state index contributed by atoms with van der Waals surface area (Å²) in [5, 5.41) is 60.4. The second kappa shape index (κ2) is 21.9. The van der Waals surface area contributed by atoms with Crippen LogP contribution >= 0.6 is 0 Å². The Morgan fingerprint density at radius 1 is 0.790 bits per heavy atom. The van der Waals surface area contributed by atoms with Crippen molar-refractivity contribution >= 4 is 23.8 Å². The summed E-state index contributed by atoms with van der Waals surface area (Å²) in [6.45, 7) is 3.44. The maximum Gasteiger partial charge on any atom is 0.338 e. The molecule has 62 heavy (non-hydrogen) atoms. The van der Waals surface area contributed by atoms with Crippen LogP contribution in [0.5, 0.6) is 5.75 Å². The van der Waals surface area contributed by atoms with E-state index in [1.165, 1.54) is 26.0 Å². The van der Waals surface area contributed by atoms with Crippen molar-refractivity contribution in [1.82, 2.24) is 15.5 Å². The van der Waals surface area contributed by atoms with E-state index in [-0.39, 0.29) is 36.1 Å². The van der Waals surface area contributed by atoms with Crippen molar-refractivity contribution in [3.8, 4) is 5.75 Å². The first-order valence-electron chi connectivity index (χ1n) is 20.7. The first kappa shape index (κ1) is 46.5. The van der Waals surface area contributed by atoms with Gasteiger partial charge in [0, 0.05) is 38.0 Å². The van der Waals surface area contributed by atoms with E-state index >= 15 is 0 Å². The molecular weight excluding hydrogens is 810 g/mol. The molecule has 3 heterocycles. The molecule has 0 aromatic heterocycles. The predicted molar refractivity (Wildman–Crippen MR) is 217 cm³/mol. The lowest BCUT2D eigenvalue weighted by Gasteiger charge is -2.45. The number of aliphatic hydroxyl groups is 5. The zero-order chi connectivity index (χ0) is 44.3. The number of hydrogen-bond acceptors (Lipinski definition) is 16. The summed E-state index contributed by atoms with van der Waals surface area (Å²) in [7, 11) is 0. The highest BCUT2D eigenvalue weighted by Gasteiger charge is 2.51. The molecule has 336 valence electrons. The lowest BCUT2D eigenvalue weighted by Crippen LogP contribution is -2.64. The van der Waals surface area contributed by atoms with Crippen LogP contribution in [0.2, 0.25) is 0 Å². The van der Waals surface area contributed by atoms with Crippen molar-refractivity contribution in [2.24, 2.45) is 0 Å². The minimum atomic E-state index is -1.84. The third kappa shape index (κ3) is 12.1. The minimum absolute atomic E-state index is 0.0606. The third-order valence-electron chi connectivity index (χ3n) is 10.9. The van der Waals surface area contributed by atoms with E-state index in [4.69, 9.17) is 28.4 Å². The smallest absolute Gasteiger partial charge is 0.338 e. The first-order chi connectivity index (χ1) is 29.8. The van der Waals surface area contributed by atoms with Gasteiger partial charge in [-0.2, -0.15) is 0 Å². The average molecular weight is 866 g/mol. The molecule has 2 amide bonds. The van der Waals surface area contributed by atoms with Crippen molar-refractivity contribution in [2.75, 3.05) is 32.8 Å². The molecule has 3 aliphatic heterocycles. The van der Waals surface area contributed by atoms with Crippen molar-refractivity contribution in [1.29, 1.82) is 0 Å². The van der Waals surface area contributed by atoms with Gasteiger partial charge in [0.05, 0.1) is 18.2 Å². The Kier molecular flexibility index (Phi) is 16.4. The number of hydrogen-bond donors (Lipinski definition) is 7. The fraction of sp³-hybridized carbons (Fsp3) is 0.500. The lowest BCUT2D eigenvalue weighted by atomic mass is 9.97. The molecule has 3 aliphatic rings. The Balaban J connectivity index is 1.12. The molecule has 12 atom stereocenters. The van der Waals surface area contributed by atoms with E-state index in [0.29, 0.717) is 43.6 Å². The van der Waals surface area contributed by atoms with Crippen LogP contribution in [0.4, 0.5) is 0 Å². The topological polar surface area (TPSA) is 252 Å². The molecule has 3 saturated heterocycles. The number of amides is 2. The van der Waals surface area contributed by atoms with E-state index < -0.39 is 92.1 Å². The van der Waals surface area contributed by atoms with Gasteiger partial charge in [-0.25, -0.2) is 4.79 Å². The number of carbonyl (C=O) groups excluding carboxylic acids is 4. The van der Waals surface area contributed by atoms with Crippen LogP contribution in [0.15, 0.2) is 84.9 Å². The number of carbonyl (C=O) groups is 4. The van der Waals surface area contributed by atoms with Gasteiger partial charge in [0.2, 0.25) is 12.2 Å². The van der Waals surface area contributed by atoms with E-state index in [9.17, 15) is 44.7 Å². The number of benzene rings is 3. The van der Waals surface area contributed by atoms with Crippen LogP contribution in [0.25, 0.3) is 0 Å². The number of rotatable bonds is 10. The Labute approximate surface area is 358 Å². The predicted octanol–water partition coefficient (Wildman–Crippen LogP) is 0.587. The molecule has 0 bridgehead atoms. The summed E-state index contributed by atoms with van der Waals surface area (Å²) >= 11 is 0. The van der Waals surface area contributed by atoms with Crippen molar-refractivity contribution < 1.29 is 73.1 Å². The molecule has 3 fully saturated rings. The fourth-order valence-electron chi connectivity index (χ4n) is 7.48. The maximum absolute atomic E-state index is 13.4. The molecule has 2 unspecified atom stereocenters. The second-order valence-corrected chi connectivity index (χ2v) is 15.5. The highest BCUT2D eigenvalue weighted by atomic mass is 16.8.